The Balaban J connectivity index is 1.50. The first kappa shape index (κ1) is 22.0. The van der Waals surface area contributed by atoms with Gasteiger partial charge in [-0.05, 0) is 39.9 Å². The molecule has 4 aromatic rings. The second kappa shape index (κ2) is 9.59. The third-order valence-electron chi connectivity index (χ3n) is 6.17. The first-order valence-corrected chi connectivity index (χ1v) is 11.4. The number of hydrogen-bond acceptors (Lipinski definition) is 6. The molecule has 0 radical (unpaired) electrons. The predicted molar refractivity (Wildman–Crippen MR) is 133 cm³/mol. The number of nitrogens with zero attached hydrogens (tertiary/aromatic N) is 3. The maximum Gasteiger partial charge on any atom is 0.273 e. The first-order valence-electron chi connectivity index (χ1n) is 11.4. The number of fused-ring (bicyclic) bond motifs is 2. The number of carbonyl (C=O) groups is 1. The minimum absolute atomic E-state index is 0.100. The first-order chi connectivity index (χ1) is 16.6. The molecule has 0 aliphatic carbocycles. The van der Waals surface area contributed by atoms with Gasteiger partial charge in [0.25, 0.3) is 5.91 Å². The van der Waals surface area contributed by atoms with E-state index in [0.717, 1.165) is 34.4 Å². The number of methoxy groups -OCH3 is 1. The van der Waals surface area contributed by atoms with Gasteiger partial charge in [-0.2, -0.15) is 0 Å². The zero-order chi connectivity index (χ0) is 23.5. The molecule has 172 valence electrons. The summed E-state index contributed by atoms with van der Waals surface area (Å²) >= 11 is 0. The third kappa shape index (κ3) is 4.35. The Morgan fingerprint density at radius 3 is 2.53 bits per heavy atom. The number of anilines is 1. The monoisotopic (exact) mass is 453 g/mol. The summed E-state index contributed by atoms with van der Waals surface area (Å²) in [6.45, 7) is 3.27. The van der Waals surface area contributed by atoms with Gasteiger partial charge in [0.2, 0.25) is 5.95 Å². The van der Waals surface area contributed by atoms with Crippen LogP contribution in [0.15, 0.2) is 66.7 Å². The normalized spacial score (nSPS) is 12.8. The summed E-state index contributed by atoms with van der Waals surface area (Å²) in [4.78, 5) is 24.1. The molecule has 2 heterocycles. The van der Waals surface area contributed by atoms with Crippen molar-refractivity contribution in [2.75, 3.05) is 26.0 Å². The van der Waals surface area contributed by atoms with Gasteiger partial charge in [0.1, 0.15) is 5.69 Å². The summed E-state index contributed by atoms with van der Waals surface area (Å²) < 4.78 is 5.13. The second-order valence-corrected chi connectivity index (χ2v) is 8.42. The van der Waals surface area contributed by atoms with Crippen molar-refractivity contribution in [1.82, 2.24) is 20.2 Å². The van der Waals surface area contributed by atoms with Gasteiger partial charge in [0.05, 0.1) is 12.1 Å². The quantitative estimate of drug-likeness (QED) is 0.414. The zero-order valence-corrected chi connectivity index (χ0v) is 19.1. The molecule has 1 amide bonds. The van der Waals surface area contributed by atoms with Gasteiger partial charge in [-0.25, -0.2) is 9.97 Å². The predicted octanol–water partition coefficient (Wildman–Crippen LogP) is 3.77. The van der Waals surface area contributed by atoms with E-state index in [1.54, 1.807) is 7.11 Å². The highest BCUT2D eigenvalue weighted by Gasteiger charge is 2.27. The lowest BCUT2D eigenvalue weighted by Gasteiger charge is -2.17. The Morgan fingerprint density at radius 1 is 1.03 bits per heavy atom. The number of carbonyl (C=O) groups excluding carboxylic acids is 1. The lowest BCUT2D eigenvalue weighted by Crippen LogP contribution is -2.27. The van der Waals surface area contributed by atoms with Crippen LogP contribution in [-0.2, 0) is 24.4 Å². The fraction of sp³-hybridized carbons (Fsp3) is 0.222. The lowest BCUT2D eigenvalue weighted by molar-refractivity contribution is 0.0747. The van der Waals surface area contributed by atoms with Crippen molar-refractivity contribution < 1.29 is 9.53 Å². The Kier molecular flexibility index (Phi) is 6.20. The molecular weight excluding hydrogens is 426 g/mol. The van der Waals surface area contributed by atoms with Crippen molar-refractivity contribution in [3.8, 4) is 11.1 Å². The molecule has 1 aliphatic heterocycles. The van der Waals surface area contributed by atoms with E-state index in [-0.39, 0.29) is 11.9 Å². The maximum absolute atomic E-state index is 13.6. The minimum atomic E-state index is -0.137. The molecule has 0 spiro atoms. The standard InChI is InChI=1S/C27H27N5O2/c1-34-13-12-29-15-19-6-4-5-9-22(19)18-10-11-24-23(14-18)25(31-27(28)30-24)26(33)32-16-20-7-2-3-8-21(20)17-32/h2-11,14,29H,12-13,15-17H2,1H3,(H2,28,30,31). The van der Waals surface area contributed by atoms with Crippen molar-refractivity contribution in [3.63, 3.8) is 0 Å². The number of benzene rings is 3. The summed E-state index contributed by atoms with van der Waals surface area (Å²) in [5.41, 5.74) is 12.6. The van der Waals surface area contributed by atoms with Gasteiger partial charge in [0.15, 0.2) is 0 Å². The van der Waals surface area contributed by atoms with E-state index in [0.29, 0.717) is 42.8 Å². The Morgan fingerprint density at radius 2 is 1.76 bits per heavy atom. The largest absolute Gasteiger partial charge is 0.383 e. The molecule has 1 aliphatic rings. The van der Waals surface area contributed by atoms with E-state index in [4.69, 9.17) is 10.5 Å². The van der Waals surface area contributed by atoms with Crippen LogP contribution in [0.4, 0.5) is 5.95 Å². The SMILES string of the molecule is COCCNCc1ccccc1-c1ccc2nc(N)nc(C(=O)N3Cc4ccccc4C3)c2c1. The number of rotatable bonds is 7. The minimum Gasteiger partial charge on any atom is -0.383 e. The number of nitrogens with two attached hydrogens (primary N) is 1. The molecule has 7 nitrogen and oxygen atoms in total. The molecule has 0 atom stereocenters. The van der Waals surface area contributed by atoms with E-state index in [1.807, 2.05) is 47.4 Å². The van der Waals surface area contributed by atoms with Crippen molar-refractivity contribution >= 4 is 22.8 Å². The van der Waals surface area contributed by atoms with Crippen molar-refractivity contribution in [2.45, 2.75) is 19.6 Å². The molecule has 0 saturated heterocycles. The third-order valence-corrected chi connectivity index (χ3v) is 6.17. The fourth-order valence-corrected chi connectivity index (χ4v) is 4.46. The van der Waals surface area contributed by atoms with Gasteiger partial charge in [-0.1, -0.05) is 54.6 Å². The van der Waals surface area contributed by atoms with Crippen molar-refractivity contribution in [1.29, 1.82) is 0 Å². The molecule has 0 fully saturated rings. The average Bonchev–Trinajstić information content (AvgIpc) is 3.30. The van der Waals surface area contributed by atoms with Crippen LogP contribution in [-0.4, -0.2) is 41.0 Å². The number of hydrogen-bond donors (Lipinski definition) is 2. The van der Waals surface area contributed by atoms with Crippen LogP contribution >= 0.6 is 0 Å². The molecule has 0 bridgehead atoms. The maximum atomic E-state index is 13.6. The lowest BCUT2D eigenvalue weighted by atomic mass is 9.97. The van der Waals surface area contributed by atoms with E-state index in [2.05, 4.69) is 39.6 Å². The molecule has 34 heavy (non-hydrogen) atoms. The van der Waals surface area contributed by atoms with Crippen LogP contribution in [0.1, 0.15) is 27.2 Å². The highest BCUT2D eigenvalue weighted by Crippen LogP contribution is 2.30. The molecule has 0 saturated carbocycles. The Labute approximate surface area is 198 Å². The van der Waals surface area contributed by atoms with Gasteiger partial charge in [0, 0.05) is 38.7 Å². The van der Waals surface area contributed by atoms with Crippen LogP contribution < -0.4 is 11.1 Å². The Hall–Kier alpha value is -3.81. The summed E-state index contributed by atoms with van der Waals surface area (Å²) in [5.74, 6) is -0.0370. The van der Waals surface area contributed by atoms with Gasteiger partial charge in [-0.15, -0.1) is 0 Å². The highest BCUT2D eigenvalue weighted by molar-refractivity contribution is 6.05. The van der Waals surface area contributed by atoms with Gasteiger partial charge < -0.3 is 20.7 Å². The van der Waals surface area contributed by atoms with E-state index in [1.165, 1.54) is 0 Å². The summed E-state index contributed by atoms with van der Waals surface area (Å²) in [7, 11) is 1.69. The van der Waals surface area contributed by atoms with Gasteiger partial charge >= 0.3 is 0 Å². The van der Waals surface area contributed by atoms with Crippen molar-refractivity contribution in [3.05, 3.63) is 89.1 Å². The molecule has 3 N–H and O–H groups in total. The zero-order valence-electron chi connectivity index (χ0n) is 19.1. The van der Waals surface area contributed by atoms with E-state index < -0.39 is 0 Å². The van der Waals surface area contributed by atoms with E-state index >= 15 is 0 Å². The molecule has 1 aromatic heterocycles. The molecule has 7 heteroatoms. The number of ether oxygens (including phenoxy) is 1. The van der Waals surface area contributed by atoms with Crippen molar-refractivity contribution in [2.24, 2.45) is 0 Å². The molecule has 3 aromatic carbocycles. The molecule has 0 unspecified atom stereocenters. The molecular formula is C27H27N5O2. The highest BCUT2D eigenvalue weighted by atomic mass is 16.5. The Bertz CT molecular complexity index is 1330. The fourth-order valence-electron chi connectivity index (χ4n) is 4.46. The average molecular weight is 454 g/mol. The summed E-state index contributed by atoms with van der Waals surface area (Å²) in [6, 6.07) is 22.3. The van der Waals surface area contributed by atoms with Crippen LogP contribution in [0.25, 0.3) is 22.0 Å². The summed E-state index contributed by atoms with van der Waals surface area (Å²) in [5, 5.41) is 4.11. The van der Waals surface area contributed by atoms with Crippen LogP contribution in [0.3, 0.4) is 0 Å². The molecule has 5 rings (SSSR count). The van der Waals surface area contributed by atoms with Crippen LogP contribution in [0.2, 0.25) is 0 Å². The number of amides is 1. The number of aromatic nitrogens is 2. The summed E-state index contributed by atoms with van der Waals surface area (Å²) in [6.07, 6.45) is 0. The second-order valence-electron chi connectivity index (χ2n) is 8.42. The van der Waals surface area contributed by atoms with Gasteiger partial charge in [-0.3, -0.25) is 4.79 Å². The van der Waals surface area contributed by atoms with E-state index in [9.17, 15) is 4.79 Å². The van der Waals surface area contributed by atoms with Crippen LogP contribution in [0.5, 0.6) is 0 Å². The van der Waals surface area contributed by atoms with Crippen LogP contribution in [0, 0.1) is 0 Å². The smallest absolute Gasteiger partial charge is 0.273 e. The number of nitrogen functional groups attached to an aromatic ring is 1. The number of nitrogens with one attached hydrogen (secondary N) is 1. The topological polar surface area (TPSA) is 93.4 Å².